The van der Waals surface area contributed by atoms with Crippen LogP contribution in [-0.2, 0) is 0 Å². The number of hydrogen-bond donors (Lipinski definition) is 3. The average Bonchev–Trinajstić information content (AvgIpc) is 3.09. The van der Waals surface area contributed by atoms with Crippen molar-refractivity contribution in [3.05, 3.63) is 146 Å². The zero-order valence-electron chi connectivity index (χ0n) is 24.0. The molecule has 0 bridgehead atoms. The SMILES string of the molecule is Oc1ccc(-c2cccnc2)c(-c2cc(-c3cc(O)ccc3-c3cccnc3)cc(-c3cc(O)ccc3-c3cccnc3)c2)c1. The molecule has 0 aliphatic rings. The Bertz CT molecular complexity index is 1880. The van der Waals surface area contributed by atoms with Gasteiger partial charge in [-0.25, -0.2) is 0 Å². The van der Waals surface area contributed by atoms with Crippen LogP contribution in [0.15, 0.2) is 146 Å². The first-order chi connectivity index (χ1) is 22.0. The van der Waals surface area contributed by atoms with Crippen LogP contribution < -0.4 is 0 Å². The second kappa shape index (κ2) is 11.8. The van der Waals surface area contributed by atoms with Gasteiger partial charge in [0.1, 0.15) is 17.2 Å². The summed E-state index contributed by atoms with van der Waals surface area (Å²) < 4.78 is 0. The van der Waals surface area contributed by atoms with Crippen molar-refractivity contribution in [1.82, 2.24) is 15.0 Å². The molecule has 216 valence electrons. The maximum atomic E-state index is 10.7. The summed E-state index contributed by atoms with van der Waals surface area (Å²) in [7, 11) is 0. The third kappa shape index (κ3) is 5.60. The van der Waals surface area contributed by atoms with Gasteiger partial charge in [0, 0.05) is 53.9 Å². The minimum Gasteiger partial charge on any atom is -0.508 e. The number of benzene rings is 4. The Morgan fingerprint density at radius 2 is 0.622 bits per heavy atom. The third-order valence-electron chi connectivity index (χ3n) is 7.79. The fourth-order valence-electron chi connectivity index (χ4n) is 5.73. The van der Waals surface area contributed by atoms with E-state index in [4.69, 9.17) is 0 Å². The summed E-state index contributed by atoms with van der Waals surface area (Å²) in [6.07, 6.45) is 10.6. The van der Waals surface area contributed by atoms with E-state index >= 15 is 0 Å². The lowest BCUT2D eigenvalue weighted by molar-refractivity contribution is 0.475. The number of rotatable bonds is 6. The zero-order chi connectivity index (χ0) is 30.8. The molecule has 7 aromatic rings. The van der Waals surface area contributed by atoms with Gasteiger partial charge in [-0.3, -0.25) is 15.0 Å². The monoisotopic (exact) mass is 585 g/mol. The smallest absolute Gasteiger partial charge is 0.116 e. The van der Waals surface area contributed by atoms with Crippen molar-refractivity contribution in [2.75, 3.05) is 0 Å². The van der Waals surface area contributed by atoms with E-state index in [0.29, 0.717) is 0 Å². The number of hydrogen-bond acceptors (Lipinski definition) is 6. The average molecular weight is 586 g/mol. The molecule has 4 aromatic carbocycles. The molecule has 0 saturated carbocycles. The normalized spacial score (nSPS) is 10.9. The summed E-state index contributed by atoms with van der Waals surface area (Å²) in [5, 5.41) is 32.0. The summed E-state index contributed by atoms with van der Waals surface area (Å²) in [5.74, 6) is 0.393. The molecule has 0 spiro atoms. The van der Waals surface area contributed by atoms with Gasteiger partial charge in [-0.1, -0.05) is 36.4 Å². The van der Waals surface area contributed by atoms with Crippen LogP contribution in [0.3, 0.4) is 0 Å². The first kappa shape index (κ1) is 27.6. The molecule has 0 atom stereocenters. The van der Waals surface area contributed by atoms with Crippen LogP contribution in [0.2, 0.25) is 0 Å². The molecule has 3 aromatic heterocycles. The van der Waals surface area contributed by atoms with Gasteiger partial charge < -0.3 is 15.3 Å². The molecule has 0 aliphatic heterocycles. The molecular formula is C39H27N3O3. The second-order valence-corrected chi connectivity index (χ2v) is 10.7. The van der Waals surface area contributed by atoms with Crippen LogP contribution in [0.4, 0.5) is 0 Å². The number of aromatic nitrogens is 3. The van der Waals surface area contributed by atoms with Crippen molar-refractivity contribution in [2.24, 2.45) is 0 Å². The van der Waals surface area contributed by atoms with Crippen molar-refractivity contribution in [3.63, 3.8) is 0 Å². The number of phenols is 3. The molecule has 0 saturated heterocycles. The predicted molar refractivity (Wildman–Crippen MR) is 177 cm³/mol. The van der Waals surface area contributed by atoms with Gasteiger partial charge in [-0.05, 0) is 123 Å². The van der Waals surface area contributed by atoms with Crippen LogP contribution >= 0.6 is 0 Å². The largest absolute Gasteiger partial charge is 0.508 e. The predicted octanol–water partition coefficient (Wildman–Crippen LogP) is 8.99. The van der Waals surface area contributed by atoms with E-state index in [1.165, 1.54) is 0 Å². The van der Waals surface area contributed by atoms with Crippen LogP contribution in [0.5, 0.6) is 17.2 Å². The number of aromatic hydroxyl groups is 3. The molecule has 3 heterocycles. The first-order valence-corrected chi connectivity index (χ1v) is 14.4. The van der Waals surface area contributed by atoms with Gasteiger partial charge in [-0.15, -0.1) is 0 Å². The Labute approximate surface area is 260 Å². The Hall–Kier alpha value is -6.27. The van der Waals surface area contributed by atoms with E-state index in [9.17, 15) is 15.3 Å². The van der Waals surface area contributed by atoms with Gasteiger partial charge in [0.15, 0.2) is 0 Å². The number of nitrogens with zero attached hydrogens (tertiary/aromatic N) is 3. The quantitative estimate of drug-likeness (QED) is 0.180. The molecule has 6 heteroatoms. The zero-order valence-corrected chi connectivity index (χ0v) is 24.0. The van der Waals surface area contributed by atoms with Crippen LogP contribution in [0.25, 0.3) is 66.8 Å². The van der Waals surface area contributed by atoms with E-state index in [1.54, 1.807) is 73.6 Å². The molecule has 6 nitrogen and oxygen atoms in total. The highest BCUT2D eigenvalue weighted by atomic mass is 16.3. The van der Waals surface area contributed by atoms with Gasteiger partial charge >= 0.3 is 0 Å². The Morgan fingerprint density at radius 1 is 0.311 bits per heavy atom. The van der Waals surface area contributed by atoms with Crippen molar-refractivity contribution in [1.29, 1.82) is 0 Å². The van der Waals surface area contributed by atoms with E-state index in [-0.39, 0.29) is 17.2 Å². The van der Waals surface area contributed by atoms with E-state index in [0.717, 1.165) is 66.8 Å². The van der Waals surface area contributed by atoms with Crippen LogP contribution in [0.1, 0.15) is 0 Å². The maximum Gasteiger partial charge on any atom is 0.116 e. The van der Waals surface area contributed by atoms with Gasteiger partial charge in [0.25, 0.3) is 0 Å². The van der Waals surface area contributed by atoms with Crippen LogP contribution in [-0.4, -0.2) is 30.3 Å². The number of pyridine rings is 3. The maximum absolute atomic E-state index is 10.7. The molecule has 7 rings (SSSR count). The summed E-state index contributed by atoms with van der Waals surface area (Å²) >= 11 is 0. The summed E-state index contributed by atoms with van der Waals surface area (Å²) in [4.78, 5) is 13.0. The summed E-state index contributed by atoms with van der Waals surface area (Å²) in [6, 6.07) is 33.7. The third-order valence-corrected chi connectivity index (χ3v) is 7.79. The minimum atomic E-state index is 0.131. The van der Waals surface area contributed by atoms with Gasteiger partial charge in [0.2, 0.25) is 0 Å². The lowest BCUT2D eigenvalue weighted by Gasteiger charge is -2.18. The van der Waals surface area contributed by atoms with Gasteiger partial charge in [-0.2, -0.15) is 0 Å². The Kier molecular flexibility index (Phi) is 7.21. The van der Waals surface area contributed by atoms with Gasteiger partial charge in [0.05, 0.1) is 0 Å². The van der Waals surface area contributed by atoms with E-state index in [2.05, 4.69) is 33.2 Å². The molecule has 45 heavy (non-hydrogen) atoms. The minimum absolute atomic E-state index is 0.131. The van der Waals surface area contributed by atoms with Crippen molar-refractivity contribution < 1.29 is 15.3 Å². The molecular weight excluding hydrogens is 558 g/mol. The van der Waals surface area contributed by atoms with Crippen molar-refractivity contribution in [2.45, 2.75) is 0 Å². The standard InChI is InChI=1S/C39H27N3O3/c43-31-7-10-34(25-4-1-13-40-22-25)37(19-31)28-16-29(38-20-32(44)8-11-35(38)26-5-2-14-41-23-26)18-30(17-28)39-21-33(45)9-12-36(39)27-6-3-15-42-24-27/h1-24,43-45H. The Morgan fingerprint density at radius 3 is 0.889 bits per heavy atom. The van der Waals surface area contributed by atoms with E-state index < -0.39 is 0 Å². The van der Waals surface area contributed by atoms with E-state index in [1.807, 2.05) is 54.6 Å². The first-order valence-electron chi connectivity index (χ1n) is 14.4. The highest BCUT2D eigenvalue weighted by Gasteiger charge is 2.18. The molecule has 0 aliphatic carbocycles. The molecule has 0 amide bonds. The summed E-state index contributed by atoms with van der Waals surface area (Å²) in [5.41, 5.74) is 10.3. The summed E-state index contributed by atoms with van der Waals surface area (Å²) in [6.45, 7) is 0. The highest BCUT2D eigenvalue weighted by molar-refractivity contribution is 5.94. The number of phenolic OH excluding ortho intramolecular Hbond substituents is 3. The van der Waals surface area contributed by atoms with Crippen LogP contribution in [0, 0.1) is 0 Å². The fourth-order valence-corrected chi connectivity index (χ4v) is 5.73. The lowest BCUT2D eigenvalue weighted by atomic mass is 9.86. The molecule has 0 fully saturated rings. The molecule has 3 N–H and O–H groups in total. The molecule has 0 unspecified atom stereocenters. The topological polar surface area (TPSA) is 99.4 Å². The lowest BCUT2D eigenvalue weighted by Crippen LogP contribution is -1.93. The highest BCUT2D eigenvalue weighted by Crippen LogP contribution is 2.44. The van der Waals surface area contributed by atoms with Crippen molar-refractivity contribution in [3.8, 4) is 84.0 Å². The molecule has 0 radical (unpaired) electrons. The fraction of sp³-hybridized carbons (Fsp3) is 0. The Balaban J connectivity index is 1.54. The van der Waals surface area contributed by atoms with Crippen molar-refractivity contribution >= 4 is 0 Å². The second-order valence-electron chi connectivity index (χ2n) is 10.7.